The summed E-state index contributed by atoms with van der Waals surface area (Å²) < 4.78 is 11.8. The molecule has 1 atom stereocenters. The number of para-hydroxylation sites is 1. The van der Waals surface area contributed by atoms with Crippen LogP contribution >= 0.6 is 0 Å². The van der Waals surface area contributed by atoms with Crippen LogP contribution in [-0.4, -0.2) is 44.7 Å². The van der Waals surface area contributed by atoms with E-state index in [1.165, 1.54) is 5.56 Å². The summed E-state index contributed by atoms with van der Waals surface area (Å²) in [6.45, 7) is 1.82. The van der Waals surface area contributed by atoms with Crippen LogP contribution in [0.5, 0.6) is 11.5 Å². The van der Waals surface area contributed by atoms with Gasteiger partial charge in [0.05, 0.1) is 13.1 Å². The van der Waals surface area contributed by atoms with E-state index in [0.29, 0.717) is 26.1 Å². The Labute approximate surface area is 170 Å². The summed E-state index contributed by atoms with van der Waals surface area (Å²) in [4.78, 5) is 15.7. The molecule has 0 aliphatic carbocycles. The fourth-order valence-corrected chi connectivity index (χ4v) is 3.59. The fraction of sp³-hybridized carbons (Fsp3) is 0.364. The quantitative estimate of drug-likeness (QED) is 0.397. The average Bonchev–Trinajstić information content (AvgIpc) is 3.16. The van der Waals surface area contributed by atoms with Crippen molar-refractivity contribution in [3.8, 4) is 11.5 Å². The van der Waals surface area contributed by atoms with E-state index in [0.717, 1.165) is 41.6 Å². The van der Waals surface area contributed by atoms with Crippen LogP contribution in [0.25, 0.3) is 0 Å². The number of benzene rings is 2. The van der Waals surface area contributed by atoms with Gasteiger partial charge < -0.3 is 25.4 Å². The predicted molar refractivity (Wildman–Crippen MR) is 113 cm³/mol. The van der Waals surface area contributed by atoms with E-state index in [4.69, 9.17) is 9.47 Å². The van der Waals surface area contributed by atoms with Gasteiger partial charge in [0.15, 0.2) is 5.96 Å². The SMILES string of the molecule is CN=C(NCCOc1ccc2c(c1)CCC(=O)N2)NCC1Cc2ccccc2O1. The first-order chi connectivity index (χ1) is 14.2. The molecular formula is C22H26N4O3. The topological polar surface area (TPSA) is 84.0 Å². The third-order valence-electron chi connectivity index (χ3n) is 5.07. The van der Waals surface area contributed by atoms with E-state index in [2.05, 4.69) is 27.0 Å². The molecule has 2 aromatic carbocycles. The second kappa shape index (κ2) is 8.86. The second-order valence-electron chi connectivity index (χ2n) is 7.15. The van der Waals surface area contributed by atoms with Crippen LogP contribution in [0, 0.1) is 0 Å². The highest BCUT2D eigenvalue weighted by atomic mass is 16.5. The Balaban J connectivity index is 1.18. The van der Waals surface area contributed by atoms with E-state index in [1.807, 2.05) is 36.4 Å². The molecular weight excluding hydrogens is 368 g/mol. The van der Waals surface area contributed by atoms with E-state index < -0.39 is 0 Å². The summed E-state index contributed by atoms with van der Waals surface area (Å²) in [6, 6.07) is 13.9. The Morgan fingerprint density at radius 3 is 2.97 bits per heavy atom. The molecule has 0 radical (unpaired) electrons. The number of ether oxygens (including phenoxy) is 2. The molecule has 0 saturated carbocycles. The van der Waals surface area contributed by atoms with Gasteiger partial charge >= 0.3 is 0 Å². The van der Waals surface area contributed by atoms with Crippen LogP contribution in [-0.2, 0) is 17.6 Å². The van der Waals surface area contributed by atoms with Gasteiger partial charge in [-0.3, -0.25) is 9.79 Å². The third-order valence-corrected chi connectivity index (χ3v) is 5.07. The molecule has 0 bridgehead atoms. The van der Waals surface area contributed by atoms with Crippen LogP contribution in [0.4, 0.5) is 5.69 Å². The van der Waals surface area contributed by atoms with E-state index in [9.17, 15) is 4.79 Å². The van der Waals surface area contributed by atoms with Crippen molar-refractivity contribution in [2.75, 3.05) is 32.1 Å². The van der Waals surface area contributed by atoms with Crippen molar-refractivity contribution < 1.29 is 14.3 Å². The van der Waals surface area contributed by atoms with Gasteiger partial charge in [-0.15, -0.1) is 0 Å². The van der Waals surface area contributed by atoms with Gasteiger partial charge in [0, 0.05) is 25.6 Å². The number of amides is 1. The lowest BCUT2D eigenvalue weighted by molar-refractivity contribution is -0.116. The Kier molecular flexibility index (Phi) is 5.84. The first-order valence-corrected chi connectivity index (χ1v) is 9.96. The van der Waals surface area contributed by atoms with Crippen molar-refractivity contribution >= 4 is 17.6 Å². The molecule has 4 rings (SSSR count). The van der Waals surface area contributed by atoms with Crippen LogP contribution < -0.4 is 25.4 Å². The number of hydrogen-bond acceptors (Lipinski definition) is 4. The Morgan fingerprint density at radius 1 is 1.21 bits per heavy atom. The average molecular weight is 394 g/mol. The maximum Gasteiger partial charge on any atom is 0.224 e. The molecule has 3 N–H and O–H groups in total. The van der Waals surface area contributed by atoms with Gasteiger partial charge in [-0.05, 0) is 41.8 Å². The number of rotatable bonds is 6. The Bertz CT molecular complexity index is 888. The van der Waals surface area contributed by atoms with Crippen molar-refractivity contribution in [2.24, 2.45) is 4.99 Å². The molecule has 1 amide bonds. The number of carbonyl (C=O) groups is 1. The molecule has 2 heterocycles. The predicted octanol–water partition coefficient (Wildman–Crippen LogP) is 2.12. The summed E-state index contributed by atoms with van der Waals surface area (Å²) in [7, 11) is 1.75. The van der Waals surface area contributed by atoms with Crippen LogP contribution in [0.3, 0.4) is 0 Å². The highest BCUT2D eigenvalue weighted by Gasteiger charge is 2.22. The number of aryl methyl sites for hydroxylation is 1. The van der Waals surface area contributed by atoms with Gasteiger partial charge in [-0.2, -0.15) is 0 Å². The summed E-state index contributed by atoms with van der Waals surface area (Å²) in [6.07, 6.45) is 2.29. The summed E-state index contributed by atoms with van der Waals surface area (Å²) in [5, 5.41) is 9.44. The zero-order valence-electron chi connectivity index (χ0n) is 16.5. The van der Waals surface area contributed by atoms with Crippen LogP contribution in [0.1, 0.15) is 17.5 Å². The van der Waals surface area contributed by atoms with Gasteiger partial charge in [-0.25, -0.2) is 0 Å². The van der Waals surface area contributed by atoms with E-state index in [1.54, 1.807) is 7.05 Å². The first kappa shape index (κ1) is 19.1. The number of carbonyl (C=O) groups excluding carboxylic acids is 1. The summed E-state index contributed by atoms with van der Waals surface area (Å²) in [5.41, 5.74) is 3.25. The molecule has 7 heteroatoms. The highest BCUT2D eigenvalue weighted by Crippen LogP contribution is 2.28. The maximum absolute atomic E-state index is 11.4. The number of aliphatic imine (C=N–C) groups is 1. The van der Waals surface area contributed by atoms with Gasteiger partial charge in [0.1, 0.15) is 24.2 Å². The molecule has 152 valence electrons. The largest absolute Gasteiger partial charge is 0.492 e. The van der Waals surface area contributed by atoms with Crippen molar-refractivity contribution in [3.05, 3.63) is 53.6 Å². The minimum Gasteiger partial charge on any atom is -0.492 e. The van der Waals surface area contributed by atoms with E-state index >= 15 is 0 Å². The lowest BCUT2D eigenvalue weighted by atomic mass is 10.0. The monoisotopic (exact) mass is 394 g/mol. The van der Waals surface area contributed by atoms with Crippen molar-refractivity contribution in [3.63, 3.8) is 0 Å². The van der Waals surface area contributed by atoms with Crippen molar-refractivity contribution in [1.29, 1.82) is 0 Å². The molecule has 0 fully saturated rings. The zero-order valence-corrected chi connectivity index (χ0v) is 16.5. The first-order valence-electron chi connectivity index (χ1n) is 9.96. The fourth-order valence-electron chi connectivity index (χ4n) is 3.59. The number of fused-ring (bicyclic) bond motifs is 2. The van der Waals surface area contributed by atoms with Gasteiger partial charge in [0.2, 0.25) is 5.91 Å². The molecule has 2 aliphatic heterocycles. The van der Waals surface area contributed by atoms with Crippen LogP contribution in [0.2, 0.25) is 0 Å². The molecule has 1 unspecified atom stereocenters. The number of nitrogens with one attached hydrogen (secondary N) is 3. The minimum atomic E-state index is 0.0705. The van der Waals surface area contributed by atoms with Gasteiger partial charge in [0.25, 0.3) is 0 Å². The highest BCUT2D eigenvalue weighted by molar-refractivity contribution is 5.94. The lowest BCUT2D eigenvalue weighted by Crippen LogP contribution is -2.43. The number of nitrogens with zero attached hydrogens (tertiary/aromatic N) is 1. The van der Waals surface area contributed by atoms with Crippen LogP contribution in [0.15, 0.2) is 47.5 Å². The molecule has 0 aromatic heterocycles. The second-order valence-corrected chi connectivity index (χ2v) is 7.15. The van der Waals surface area contributed by atoms with Gasteiger partial charge in [-0.1, -0.05) is 18.2 Å². The maximum atomic E-state index is 11.4. The lowest BCUT2D eigenvalue weighted by Gasteiger charge is -2.18. The zero-order chi connectivity index (χ0) is 20.1. The third kappa shape index (κ3) is 4.80. The molecule has 0 saturated heterocycles. The van der Waals surface area contributed by atoms with Crippen molar-refractivity contribution in [2.45, 2.75) is 25.4 Å². The molecule has 2 aromatic rings. The summed E-state index contributed by atoms with van der Waals surface area (Å²) in [5.74, 6) is 2.57. The molecule has 0 spiro atoms. The molecule has 29 heavy (non-hydrogen) atoms. The number of guanidine groups is 1. The molecule has 7 nitrogen and oxygen atoms in total. The Morgan fingerprint density at radius 2 is 2.10 bits per heavy atom. The smallest absolute Gasteiger partial charge is 0.224 e. The normalized spacial score (nSPS) is 17.6. The standard InChI is InChI=1S/C22H26N4O3/c1-23-22(25-14-18-13-16-4-2-3-5-20(16)29-18)24-10-11-28-17-7-8-19-15(12-17)6-9-21(27)26-19/h2-5,7-8,12,18H,6,9-11,13-14H2,1H3,(H,26,27)(H2,23,24,25). The van der Waals surface area contributed by atoms with E-state index in [-0.39, 0.29) is 12.0 Å². The minimum absolute atomic E-state index is 0.0705. The summed E-state index contributed by atoms with van der Waals surface area (Å²) >= 11 is 0. The molecule has 2 aliphatic rings. The number of hydrogen-bond donors (Lipinski definition) is 3. The van der Waals surface area contributed by atoms with Crippen molar-refractivity contribution in [1.82, 2.24) is 10.6 Å². The number of anilines is 1. The Hall–Kier alpha value is -3.22.